The van der Waals surface area contributed by atoms with Gasteiger partial charge < -0.3 is 5.73 Å². The van der Waals surface area contributed by atoms with Gasteiger partial charge in [0.05, 0.1) is 0 Å². The van der Waals surface area contributed by atoms with Crippen LogP contribution in [0.2, 0.25) is 0 Å². The molecule has 132 valence electrons. The molecule has 0 aliphatic heterocycles. The summed E-state index contributed by atoms with van der Waals surface area (Å²) in [5.41, 5.74) is 5.98. The minimum Gasteiger partial charge on any atom is -0.327 e. The van der Waals surface area contributed by atoms with Crippen LogP contribution in [0, 0.1) is 29.6 Å². The van der Waals surface area contributed by atoms with Gasteiger partial charge in [-0.05, 0) is 42.9 Å². The molecular formula is C19H37F2N. The monoisotopic (exact) mass is 317 g/mol. The van der Waals surface area contributed by atoms with Gasteiger partial charge in [0.15, 0.2) is 0 Å². The maximum Gasteiger partial charge on any atom is 0.251 e. The van der Waals surface area contributed by atoms with Crippen molar-refractivity contribution in [2.24, 2.45) is 35.3 Å². The molecule has 2 aliphatic carbocycles. The van der Waals surface area contributed by atoms with Crippen LogP contribution < -0.4 is 5.73 Å². The highest BCUT2D eigenvalue weighted by molar-refractivity contribution is 4.87. The molecule has 22 heavy (non-hydrogen) atoms. The molecule has 0 saturated heterocycles. The van der Waals surface area contributed by atoms with Crippen LogP contribution in [-0.2, 0) is 0 Å². The summed E-state index contributed by atoms with van der Waals surface area (Å²) in [5.74, 6) is -0.925. The minimum absolute atomic E-state index is 0.0974. The molecule has 0 unspecified atom stereocenters. The Kier molecular flexibility index (Phi) is 7.78. The molecule has 0 radical (unpaired) electrons. The lowest BCUT2D eigenvalue weighted by Gasteiger charge is -2.38. The van der Waals surface area contributed by atoms with Crippen LogP contribution in [0.25, 0.3) is 0 Å². The van der Waals surface area contributed by atoms with Gasteiger partial charge in [-0.3, -0.25) is 0 Å². The van der Waals surface area contributed by atoms with Gasteiger partial charge in [-0.25, -0.2) is 8.78 Å². The number of rotatable bonds is 2. The van der Waals surface area contributed by atoms with Crippen molar-refractivity contribution in [3.05, 3.63) is 0 Å². The zero-order chi connectivity index (χ0) is 16.9. The first-order chi connectivity index (χ1) is 10.2. The number of alkyl halides is 2. The van der Waals surface area contributed by atoms with E-state index in [1.807, 2.05) is 20.8 Å². The Balaban J connectivity index is 0.000000224. The van der Waals surface area contributed by atoms with Crippen molar-refractivity contribution in [1.82, 2.24) is 0 Å². The Morgan fingerprint density at radius 2 is 1.50 bits per heavy atom. The summed E-state index contributed by atoms with van der Waals surface area (Å²) in [4.78, 5) is 0. The lowest BCUT2D eigenvalue weighted by atomic mass is 9.72. The first-order valence-electron chi connectivity index (χ1n) is 9.30. The van der Waals surface area contributed by atoms with Crippen molar-refractivity contribution < 1.29 is 8.78 Å². The molecule has 0 aromatic carbocycles. The largest absolute Gasteiger partial charge is 0.327 e. The topological polar surface area (TPSA) is 26.0 Å². The first kappa shape index (κ1) is 19.9. The van der Waals surface area contributed by atoms with Crippen molar-refractivity contribution in [2.45, 2.75) is 91.5 Å². The highest BCUT2D eigenvalue weighted by Crippen LogP contribution is 2.45. The molecule has 0 aromatic heterocycles. The van der Waals surface area contributed by atoms with Crippen molar-refractivity contribution in [3.63, 3.8) is 0 Å². The third-order valence-electron chi connectivity index (χ3n) is 5.72. The van der Waals surface area contributed by atoms with Gasteiger partial charge in [-0.2, -0.15) is 0 Å². The van der Waals surface area contributed by atoms with E-state index in [0.29, 0.717) is 12.5 Å². The summed E-state index contributed by atoms with van der Waals surface area (Å²) in [7, 11) is 0. The highest BCUT2D eigenvalue weighted by atomic mass is 19.3. The predicted octanol–water partition coefficient (Wildman–Crippen LogP) is 5.87. The molecule has 0 aromatic rings. The minimum atomic E-state index is -2.41. The summed E-state index contributed by atoms with van der Waals surface area (Å²) in [6.45, 7) is 10.3. The molecule has 2 fully saturated rings. The maximum atomic E-state index is 13.4. The predicted molar refractivity (Wildman–Crippen MR) is 91.1 cm³/mol. The molecule has 0 spiro atoms. The van der Waals surface area contributed by atoms with Gasteiger partial charge in [0.1, 0.15) is 0 Å². The van der Waals surface area contributed by atoms with Crippen LogP contribution in [0.4, 0.5) is 8.78 Å². The fraction of sp³-hybridized carbons (Fsp3) is 1.00. The molecule has 0 amide bonds. The highest BCUT2D eigenvalue weighted by Gasteiger charge is 2.46. The van der Waals surface area contributed by atoms with E-state index < -0.39 is 11.8 Å². The molecule has 2 saturated carbocycles. The average molecular weight is 318 g/mol. The summed E-state index contributed by atoms with van der Waals surface area (Å²) in [6, 6.07) is 0.494. The summed E-state index contributed by atoms with van der Waals surface area (Å²) < 4.78 is 26.7. The van der Waals surface area contributed by atoms with Crippen LogP contribution in [0.15, 0.2) is 0 Å². The van der Waals surface area contributed by atoms with Crippen LogP contribution in [0.5, 0.6) is 0 Å². The Morgan fingerprint density at radius 3 is 1.86 bits per heavy atom. The van der Waals surface area contributed by atoms with Crippen molar-refractivity contribution in [3.8, 4) is 0 Å². The lowest BCUT2D eigenvalue weighted by molar-refractivity contribution is -0.122. The van der Waals surface area contributed by atoms with E-state index >= 15 is 0 Å². The second-order valence-corrected chi connectivity index (χ2v) is 8.26. The molecule has 0 bridgehead atoms. The SMILES string of the molecule is CC(C)[C@@H]1CCCC[C@@H]1N.CC(C)[C@H]1[C@@H](C)CCCC1(F)F. The van der Waals surface area contributed by atoms with E-state index in [2.05, 4.69) is 13.8 Å². The summed E-state index contributed by atoms with van der Waals surface area (Å²) >= 11 is 0. The third kappa shape index (κ3) is 5.47. The zero-order valence-electron chi connectivity index (χ0n) is 15.2. The average Bonchev–Trinajstić information content (AvgIpc) is 2.37. The molecule has 2 aliphatic rings. The molecule has 2 N–H and O–H groups in total. The molecule has 2 rings (SSSR count). The molecule has 3 heteroatoms. The molecular weight excluding hydrogens is 280 g/mol. The van der Waals surface area contributed by atoms with E-state index in [9.17, 15) is 8.78 Å². The van der Waals surface area contributed by atoms with E-state index in [4.69, 9.17) is 5.73 Å². The van der Waals surface area contributed by atoms with Gasteiger partial charge >= 0.3 is 0 Å². The Bertz CT molecular complexity index is 315. The standard InChI is InChI=1S/C10H18F2.C9H19N/c1-7(2)9-8(3)5-4-6-10(9,11)12;1-7(2)8-5-3-4-6-9(8)10/h7-9H,4-6H2,1-3H3;7-9H,3-6,10H2,1-2H3/t2*8-,9-/m00/s1. The van der Waals surface area contributed by atoms with Crippen LogP contribution >= 0.6 is 0 Å². The summed E-state index contributed by atoms with van der Waals surface area (Å²) in [6.07, 6.45) is 7.12. The van der Waals surface area contributed by atoms with Crippen molar-refractivity contribution in [1.29, 1.82) is 0 Å². The van der Waals surface area contributed by atoms with Gasteiger partial charge in [-0.1, -0.05) is 53.9 Å². The van der Waals surface area contributed by atoms with E-state index in [0.717, 1.165) is 18.3 Å². The smallest absolute Gasteiger partial charge is 0.251 e. The molecule has 4 atom stereocenters. The molecule has 1 nitrogen and oxygen atoms in total. The number of nitrogens with two attached hydrogens (primary N) is 1. The van der Waals surface area contributed by atoms with Crippen molar-refractivity contribution >= 4 is 0 Å². The van der Waals surface area contributed by atoms with Gasteiger partial charge in [0.25, 0.3) is 5.92 Å². The van der Waals surface area contributed by atoms with Gasteiger partial charge in [0.2, 0.25) is 0 Å². The lowest BCUT2D eigenvalue weighted by Crippen LogP contribution is -2.40. The van der Waals surface area contributed by atoms with Gasteiger partial charge in [0, 0.05) is 18.4 Å². The Morgan fingerprint density at radius 1 is 0.909 bits per heavy atom. The second-order valence-electron chi connectivity index (χ2n) is 8.26. The maximum absolute atomic E-state index is 13.4. The quantitative estimate of drug-likeness (QED) is 0.677. The number of hydrogen-bond donors (Lipinski definition) is 1. The fourth-order valence-electron chi connectivity index (χ4n) is 4.58. The first-order valence-corrected chi connectivity index (χ1v) is 9.30. The van der Waals surface area contributed by atoms with E-state index in [1.54, 1.807) is 0 Å². The second kappa shape index (κ2) is 8.61. The zero-order valence-corrected chi connectivity index (χ0v) is 15.2. The fourth-order valence-corrected chi connectivity index (χ4v) is 4.58. The van der Waals surface area contributed by atoms with E-state index in [1.165, 1.54) is 25.7 Å². The van der Waals surface area contributed by atoms with Crippen LogP contribution in [-0.4, -0.2) is 12.0 Å². The number of halogens is 2. The molecule has 0 heterocycles. The van der Waals surface area contributed by atoms with Crippen LogP contribution in [0.1, 0.15) is 79.6 Å². The normalized spacial score (nSPS) is 35.2. The van der Waals surface area contributed by atoms with Crippen LogP contribution in [0.3, 0.4) is 0 Å². The van der Waals surface area contributed by atoms with Gasteiger partial charge in [-0.15, -0.1) is 0 Å². The summed E-state index contributed by atoms with van der Waals surface area (Å²) in [5, 5.41) is 0. The van der Waals surface area contributed by atoms with E-state index in [-0.39, 0.29) is 18.3 Å². The number of hydrogen-bond acceptors (Lipinski definition) is 1. The van der Waals surface area contributed by atoms with Crippen molar-refractivity contribution in [2.75, 3.05) is 0 Å². The Labute approximate surface area is 136 Å². The Hall–Kier alpha value is -0.180. The third-order valence-corrected chi connectivity index (χ3v) is 5.72.